The molecule has 26 heavy (non-hydrogen) atoms. The molecule has 0 aliphatic carbocycles. The molecule has 0 aliphatic rings. The Morgan fingerprint density at radius 3 is 1.31 bits per heavy atom. The lowest BCUT2D eigenvalue weighted by molar-refractivity contribution is 0.686. The van der Waals surface area contributed by atoms with Gasteiger partial charge in [-0.2, -0.15) is 0 Å². The number of hydrogen-bond acceptors (Lipinski definition) is 6. The maximum absolute atomic E-state index is 11.1. The van der Waals surface area contributed by atoms with E-state index in [1.807, 2.05) is 35.1 Å². The highest BCUT2D eigenvalue weighted by Crippen LogP contribution is 2.22. The molecule has 0 fully saturated rings. The van der Waals surface area contributed by atoms with E-state index in [0.717, 1.165) is 11.5 Å². The molecule has 2 nitrogen and oxygen atoms in total. The second-order valence-corrected chi connectivity index (χ2v) is 11.9. The second-order valence-electron chi connectivity index (χ2n) is 4.21. The summed E-state index contributed by atoms with van der Waals surface area (Å²) >= 11 is 0. The number of rotatable bonds is 16. The quantitative estimate of drug-likeness (QED) is 0.157. The predicted molar refractivity (Wildman–Crippen MR) is 135 cm³/mol. The second kappa shape index (κ2) is 25.1. The van der Waals surface area contributed by atoms with Crippen molar-refractivity contribution in [1.29, 1.82) is 0 Å². The van der Waals surface area contributed by atoms with Crippen LogP contribution >= 0.6 is 43.2 Å². The van der Waals surface area contributed by atoms with Crippen molar-refractivity contribution in [3.63, 3.8) is 0 Å². The van der Waals surface area contributed by atoms with Crippen molar-refractivity contribution < 1.29 is 8.42 Å². The molecule has 0 saturated heterocycles. The highest BCUT2D eigenvalue weighted by atomic mass is 33.1. The average Bonchev–Trinajstić information content (AvgIpc) is 2.62. The van der Waals surface area contributed by atoms with Crippen LogP contribution in [-0.4, -0.2) is 42.9 Å². The summed E-state index contributed by atoms with van der Waals surface area (Å²) in [6.45, 7) is 14.3. The lowest BCUT2D eigenvalue weighted by Gasteiger charge is -1.91. The van der Waals surface area contributed by atoms with Gasteiger partial charge in [-0.1, -0.05) is 79.6 Å². The standard InChI is InChI=1S/2C9H14OS3/c2*1-3-6-11-12-7-5-9-13(10)8-4-2/h2*3-5,7H,1-2,6,8-9H2/b7-5+;7-5-. The third-order valence-electron chi connectivity index (χ3n) is 1.98. The van der Waals surface area contributed by atoms with Crippen LogP contribution in [0.3, 0.4) is 0 Å². The SMILES string of the molecule is C=CCSS/C=C/CS(=O)CC=C.C=CCSS/C=C\CS(=O)CC=C. The Balaban J connectivity index is 0. The Bertz CT molecular complexity index is 442. The van der Waals surface area contributed by atoms with E-state index < -0.39 is 21.6 Å². The summed E-state index contributed by atoms with van der Waals surface area (Å²) in [6, 6.07) is 0. The summed E-state index contributed by atoms with van der Waals surface area (Å²) in [7, 11) is 5.16. The molecule has 0 rings (SSSR count). The van der Waals surface area contributed by atoms with Gasteiger partial charge < -0.3 is 0 Å². The average molecular weight is 469 g/mol. The Hall–Kier alpha value is 0.140. The molecule has 0 amide bonds. The molecular formula is C18H28O2S6. The molecule has 2 unspecified atom stereocenters. The normalized spacial score (nSPS) is 12.9. The third-order valence-corrected chi connectivity index (χ3v) is 8.25. The molecule has 0 aromatic rings. The first kappa shape index (κ1) is 28.4. The van der Waals surface area contributed by atoms with E-state index in [9.17, 15) is 8.42 Å². The molecule has 0 spiro atoms. The molecular weight excluding hydrogens is 441 g/mol. The summed E-state index contributed by atoms with van der Waals surface area (Å²) in [5.74, 6) is 4.26. The molecule has 8 heteroatoms. The monoisotopic (exact) mass is 468 g/mol. The van der Waals surface area contributed by atoms with Gasteiger partial charge in [-0.15, -0.1) is 26.3 Å². The van der Waals surface area contributed by atoms with Gasteiger partial charge in [0.2, 0.25) is 0 Å². The highest BCUT2D eigenvalue weighted by molar-refractivity contribution is 8.78. The van der Waals surface area contributed by atoms with E-state index in [0.29, 0.717) is 23.0 Å². The van der Waals surface area contributed by atoms with Gasteiger partial charge in [-0.05, 0) is 10.8 Å². The minimum Gasteiger partial charge on any atom is -0.259 e. The van der Waals surface area contributed by atoms with Crippen LogP contribution in [0.2, 0.25) is 0 Å². The first-order chi connectivity index (χ1) is 12.6. The van der Waals surface area contributed by atoms with E-state index >= 15 is 0 Å². The van der Waals surface area contributed by atoms with Crippen LogP contribution in [0.15, 0.2) is 73.6 Å². The van der Waals surface area contributed by atoms with Crippen molar-refractivity contribution in [3.05, 3.63) is 73.6 Å². The Kier molecular flexibility index (Phi) is 27.4. The predicted octanol–water partition coefficient (Wildman–Crippen LogP) is 6.00. The molecule has 0 aliphatic heterocycles. The fraction of sp³-hybridized carbons (Fsp3) is 0.333. The van der Waals surface area contributed by atoms with Gasteiger partial charge in [0.1, 0.15) is 0 Å². The van der Waals surface area contributed by atoms with E-state index in [2.05, 4.69) is 26.3 Å². The molecule has 0 radical (unpaired) electrons. The zero-order valence-electron chi connectivity index (χ0n) is 15.0. The van der Waals surface area contributed by atoms with E-state index in [-0.39, 0.29) is 0 Å². The molecule has 2 atom stereocenters. The van der Waals surface area contributed by atoms with Crippen LogP contribution in [0.4, 0.5) is 0 Å². The maximum Gasteiger partial charge on any atom is 0.0426 e. The molecule has 0 aromatic carbocycles. The Morgan fingerprint density at radius 1 is 0.615 bits per heavy atom. The van der Waals surface area contributed by atoms with Crippen LogP contribution in [0.5, 0.6) is 0 Å². The van der Waals surface area contributed by atoms with E-state index in [4.69, 9.17) is 0 Å². The molecule has 0 N–H and O–H groups in total. The first-order valence-corrected chi connectivity index (χ1v) is 15.4. The molecule has 0 saturated carbocycles. The third kappa shape index (κ3) is 26.4. The van der Waals surface area contributed by atoms with Crippen LogP contribution < -0.4 is 0 Å². The van der Waals surface area contributed by atoms with E-state index in [1.165, 1.54) is 0 Å². The summed E-state index contributed by atoms with van der Waals surface area (Å²) in [6.07, 6.45) is 11.0. The van der Waals surface area contributed by atoms with Gasteiger partial charge in [0.05, 0.1) is 0 Å². The summed E-state index contributed by atoms with van der Waals surface area (Å²) < 4.78 is 22.2. The van der Waals surface area contributed by atoms with Gasteiger partial charge in [0.15, 0.2) is 0 Å². The van der Waals surface area contributed by atoms with Crippen molar-refractivity contribution in [2.45, 2.75) is 0 Å². The topological polar surface area (TPSA) is 34.1 Å². The van der Waals surface area contributed by atoms with Gasteiger partial charge in [-0.25, -0.2) is 0 Å². The summed E-state index contributed by atoms with van der Waals surface area (Å²) in [5.41, 5.74) is 0. The van der Waals surface area contributed by atoms with Crippen molar-refractivity contribution in [3.8, 4) is 0 Å². The molecule has 0 aromatic heterocycles. The maximum atomic E-state index is 11.1. The van der Waals surface area contributed by atoms with Crippen LogP contribution in [-0.2, 0) is 21.6 Å². The Labute approximate surface area is 180 Å². The smallest absolute Gasteiger partial charge is 0.0426 e. The van der Waals surface area contributed by atoms with Gasteiger partial charge >= 0.3 is 0 Å². The van der Waals surface area contributed by atoms with Crippen LogP contribution in [0, 0.1) is 0 Å². The van der Waals surface area contributed by atoms with Gasteiger partial charge in [-0.3, -0.25) is 8.42 Å². The van der Waals surface area contributed by atoms with Crippen LogP contribution in [0.25, 0.3) is 0 Å². The van der Waals surface area contributed by atoms with Crippen molar-refractivity contribution in [2.75, 3.05) is 34.5 Å². The largest absolute Gasteiger partial charge is 0.259 e. The minimum absolute atomic E-state index is 0.578. The van der Waals surface area contributed by atoms with Crippen LogP contribution in [0.1, 0.15) is 0 Å². The molecule has 0 bridgehead atoms. The highest BCUT2D eigenvalue weighted by Gasteiger charge is 1.91. The Morgan fingerprint density at radius 2 is 1.00 bits per heavy atom. The molecule has 148 valence electrons. The zero-order valence-corrected chi connectivity index (χ0v) is 19.9. The molecule has 0 heterocycles. The fourth-order valence-electron chi connectivity index (χ4n) is 1.02. The number of hydrogen-bond donors (Lipinski definition) is 0. The fourth-order valence-corrected chi connectivity index (χ4v) is 5.54. The summed E-state index contributed by atoms with van der Waals surface area (Å²) in [4.78, 5) is 0. The van der Waals surface area contributed by atoms with Crippen molar-refractivity contribution >= 4 is 64.8 Å². The van der Waals surface area contributed by atoms with Crippen molar-refractivity contribution in [2.24, 2.45) is 0 Å². The lowest BCUT2D eigenvalue weighted by atomic mass is 10.7. The van der Waals surface area contributed by atoms with E-state index in [1.54, 1.807) is 55.3 Å². The van der Waals surface area contributed by atoms with Gasteiger partial charge in [0.25, 0.3) is 0 Å². The first-order valence-electron chi connectivity index (χ1n) is 7.62. The van der Waals surface area contributed by atoms with Crippen molar-refractivity contribution in [1.82, 2.24) is 0 Å². The lowest BCUT2D eigenvalue weighted by Crippen LogP contribution is -1.96. The van der Waals surface area contributed by atoms with Gasteiger partial charge in [0, 0.05) is 56.1 Å². The summed E-state index contributed by atoms with van der Waals surface area (Å²) in [5, 5.41) is 3.93. The minimum atomic E-state index is -0.775. The zero-order chi connectivity index (χ0) is 19.9.